The Morgan fingerprint density at radius 1 is 0.808 bits per heavy atom. The Morgan fingerprint density at radius 3 is 2.00 bits per heavy atom. The number of hydrogen-bond acceptors (Lipinski definition) is 3. The first kappa shape index (κ1) is 19.8. The summed E-state index contributed by atoms with van der Waals surface area (Å²) < 4.78 is 11.5. The lowest BCUT2D eigenvalue weighted by Crippen LogP contribution is -1.99. The number of rotatable bonds is 12. The molecule has 4 heteroatoms. The van der Waals surface area contributed by atoms with Crippen molar-refractivity contribution in [1.29, 1.82) is 0 Å². The van der Waals surface area contributed by atoms with Crippen LogP contribution in [0.15, 0.2) is 48.5 Å². The molecule has 0 fully saturated rings. The number of hydrogen-bond donors (Lipinski definition) is 1. The van der Waals surface area contributed by atoms with Gasteiger partial charge in [0.15, 0.2) is 0 Å². The standard InChI is InChI=1S/C22H28O4/c1-2-3-4-5-6-7-16-25-20-12-14-21(15-13-20)26-17-18-8-10-19(11-9-18)22(23)24/h8-15H,2-7,16-17H2,1H3,(H,23,24). The van der Waals surface area contributed by atoms with Gasteiger partial charge < -0.3 is 14.6 Å². The van der Waals surface area contributed by atoms with Crippen molar-refractivity contribution >= 4 is 5.97 Å². The molecule has 2 aromatic rings. The average molecular weight is 356 g/mol. The van der Waals surface area contributed by atoms with Gasteiger partial charge in [0.1, 0.15) is 18.1 Å². The predicted molar refractivity (Wildman–Crippen MR) is 103 cm³/mol. The highest BCUT2D eigenvalue weighted by atomic mass is 16.5. The summed E-state index contributed by atoms with van der Waals surface area (Å²) in [6.07, 6.45) is 7.53. The Labute approximate surface area is 155 Å². The van der Waals surface area contributed by atoms with E-state index >= 15 is 0 Å². The summed E-state index contributed by atoms with van der Waals surface area (Å²) in [4.78, 5) is 10.8. The third-order valence-corrected chi connectivity index (χ3v) is 4.20. The Balaban J connectivity index is 1.67. The lowest BCUT2D eigenvalue weighted by Gasteiger charge is -2.09. The molecular formula is C22H28O4. The van der Waals surface area contributed by atoms with Crippen molar-refractivity contribution in [2.24, 2.45) is 0 Å². The van der Waals surface area contributed by atoms with Gasteiger partial charge >= 0.3 is 5.97 Å². The minimum Gasteiger partial charge on any atom is -0.494 e. The van der Waals surface area contributed by atoms with Gasteiger partial charge in [-0.05, 0) is 48.4 Å². The second-order valence-corrected chi connectivity index (χ2v) is 6.38. The van der Waals surface area contributed by atoms with Gasteiger partial charge in [-0.25, -0.2) is 4.79 Å². The lowest BCUT2D eigenvalue weighted by molar-refractivity contribution is 0.0697. The molecule has 4 nitrogen and oxygen atoms in total. The Morgan fingerprint density at radius 2 is 1.38 bits per heavy atom. The summed E-state index contributed by atoms with van der Waals surface area (Å²) in [5, 5.41) is 8.89. The number of carboxylic acid groups (broad SMARTS) is 1. The van der Waals surface area contributed by atoms with E-state index in [-0.39, 0.29) is 5.56 Å². The number of aromatic carboxylic acids is 1. The number of ether oxygens (including phenoxy) is 2. The average Bonchev–Trinajstić information content (AvgIpc) is 2.67. The topological polar surface area (TPSA) is 55.8 Å². The highest BCUT2D eigenvalue weighted by Crippen LogP contribution is 2.19. The first-order valence-corrected chi connectivity index (χ1v) is 9.37. The van der Waals surface area contributed by atoms with Gasteiger partial charge in [-0.1, -0.05) is 51.2 Å². The number of benzene rings is 2. The van der Waals surface area contributed by atoms with Crippen LogP contribution in [0.5, 0.6) is 11.5 Å². The van der Waals surface area contributed by atoms with E-state index < -0.39 is 5.97 Å². The van der Waals surface area contributed by atoms with Crippen molar-refractivity contribution < 1.29 is 19.4 Å². The Hall–Kier alpha value is -2.49. The Bertz CT molecular complexity index is 647. The lowest BCUT2D eigenvalue weighted by atomic mass is 10.1. The van der Waals surface area contributed by atoms with Gasteiger partial charge in [-0.3, -0.25) is 0 Å². The summed E-state index contributed by atoms with van der Waals surface area (Å²) >= 11 is 0. The minimum absolute atomic E-state index is 0.278. The molecule has 2 aromatic carbocycles. The molecule has 0 saturated carbocycles. The third kappa shape index (κ3) is 7.18. The molecule has 0 spiro atoms. The van der Waals surface area contributed by atoms with Crippen LogP contribution in [0.3, 0.4) is 0 Å². The first-order valence-electron chi connectivity index (χ1n) is 9.37. The van der Waals surface area contributed by atoms with Gasteiger partial charge in [0.25, 0.3) is 0 Å². The van der Waals surface area contributed by atoms with E-state index in [1.54, 1.807) is 24.3 Å². The van der Waals surface area contributed by atoms with E-state index in [0.29, 0.717) is 6.61 Å². The minimum atomic E-state index is -0.922. The monoisotopic (exact) mass is 356 g/mol. The summed E-state index contributed by atoms with van der Waals surface area (Å²) in [6, 6.07) is 14.3. The summed E-state index contributed by atoms with van der Waals surface area (Å²) in [7, 11) is 0. The molecule has 0 heterocycles. The van der Waals surface area contributed by atoms with Crippen LogP contribution >= 0.6 is 0 Å². The smallest absolute Gasteiger partial charge is 0.335 e. The SMILES string of the molecule is CCCCCCCCOc1ccc(OCc2ccc(C(=O)O)cc2)cc1. The molecule has 140 valence electrons. The second kappa shape index (κ2) is 11.2. The zero-order chi connectivity index (χ0) is 18.6. The van der Waals surface area contributed by atoms with Crippen LogP contribution in [-0.2, 0) is 6.61 Å². The predicted octanol–water partition coefficient (Wildman–Crippen LogP) is 5.70. The fraction of sp³-hybridized carbons (Fsp3) is 0.409. The van der Waals surface area contributed by atoms with Crippen molar-refractivity contribution in [1.82, 2.24) is 0 Å². The number of unbranched alkanes of at least 4 members (excludes halogenated alkanes) is 5. The van der Waals surface area contributed by atoms with Crippen LogP contribution in [0.1, 0.15) is 61.4 Å². The maximum atomic E-state index is 10.8. The molecule has 2 rings (SSSR count). The van der Waals surface area contributed by atoms with E-state index in [0.717, 1.165) is 30.1 Å². The molecule has 0 amide bonds. The fourth-order valence-electron chi connectivity index (χ4n) is 2.61. The third-order valence-electron chi connectivity index (χ3n) is 4.20. The molecule has 0 unspecified atom stereocenters. The number of carbonyl (C=O) groups is 1. The maximum Gasteiger partial charge on any atom is 0.335 e. The van der Waals surface area contributed by atoms with Crippen molar-refractivity contribution in [3.05, 3.63) is 59.7 Å². The van der Waals surface area contributed by atoms with Crippen molar-refractivity contribution in [2.45, 2.75) is 52.1 Å². The fourth-order valence-corrected chi connectivity index (χ4v) is 2.61. The first-order chi connectivity index (χ1) is 12.7. The van der Waals surface area contributed by atoms with E-state index in [4.69, 9.17) is 14.6 Å². The van der Waals surface area contributed by atoms with Crippen LogP contribution < -0.4 is 9.47 Å². The zero-order valence-corrected chi connectivity index (χ0v) is 15.4. The quantitative estimate of drug-likeness (QED) is 0.495. The van der Waals surface area contributed by atoms with Crippen LogP contribution in [0.4, 0.5) is 0 Å². The molecule has 0 aliphatic carbocycles. The van der Waals surface area contributed by atoms with Crippen LogP contribution in [0, 0.1) is 0 Å². The summed E-state index contributed by atoms with van der Waals surface area (Å²) in [6.45, 7) is 3.38. The van der Waals surface area contributed by atoms with E-state index in [2.05, 4.69) is 6.92 Å². The molecule has 0 aliphatic heterocycles. The van der Waals surface area contributed by atoms with Gasteiger partial charge in [-0.2, -0.15) is 0 Å². The molecule has 0 saturated heterocycles. The van der Waals surface area contributed by atoms with Crippen LogP contribution in [-0.4, -0.2) is 17.7 Å². The molecular weight excluding hydrogens is 328 g/mol. The van der Waals surface area contributed by atoms with Gasteiger partial charge in [0, 0.05) is 0 Å². The largest absolute Gasteiger partial charge is 0.494 e. The zero-order valence-electron chi connectivity index (χ0n) is 15.4. The molecule has 1 N–H and O–H groups in total. The molecule has 0 atom stereocenters. The van der Waals surface area contributed by atoms with Crippen LogP contribution in [0.25, 0.3) is 0 Å². The van der Waals surface area contributed by atoms with Gasteiger partial charge in [0.05, 0.1) is 12.2 Å². The summed E-state index contributed by atoms with van der Waals surface area (Å²) in [5.41, 5.74) is 1.21. The van der Waals surface area contributed by atoms with Gasteiger partial charge in [-0.15, -0.1) is 0 Å². The molecule has 0 aliphatic rings. The van der Waals surface area contributed by atoms with Gasteiger partial charge in [0.2, 0.25) is 0 Å². The molecule has 0 radical (unpaired) electrons. The van der Waals surface area contributed by atoms with E-state index in [1.807, 2.05) is 24.3 Å². The summed E-state index contributed by atoms with van der Waals surface area (Å²) in [5.74, 6) is 0.699. The Kier molecular flexibility index (Phi) is 8.53. The van der Waals surface area contributed by atoms with Crippen molar-refractivity contribution in [3.8, 4) is 11.5 Å². The van der Waals surface area contributed by atoms with E-state index in [9.17, 15) is 4.79 Å². The highest BCUT2D eigenvalue weighted by Gasteiger charge is 2.02. The normalized spacial score (nSPS) is 10.5. The second-order valence-electron chi connectivity index (χ2n) is 6.38. The number of carboxylic acids is 1. The van der Waals surface area contributed by atoms with E-state index in [1.165, 1.54) is 32.1 Å². The molecule has 26 heavy (non-hydrogen) atoms. The maximum absolute atomic E-state index is 10.8. The molecule has 0 aromatic heterocycles. The molecule has 0 bridgehead atoms. The highest BCUT2D eigenvalue weighted by molar-refractivity contribution is 5.87. The van der Waals surface area contributed by atoms with Crippen LogP contribution in [0.2, 0.25) is 0 Å². The van der Waals surface area contributed by atoms with Crippen molar-refractivity contribution in [2.75, 3.05) is 6.61 Å². The van der Waals surface area contributed by atoms with Crippen molar-refractivity contribution in [3.63, 3.8) is 0 Å².